The first-order valence-corrected chi connectivity index (χ1v) is 19.8. The van der Waals surface area contributed by atoms with Gasteiger partial charge in [0.1, 0.15) is 22.9 Å². The number of hydrogen-bond donors (Lipinski definition) is 0. The second-order valence-corrected chi connectivity index (χ2v) is 16.3. The molecule has 1 aliphatic rings. The fraction of sp³-hybridized carbons (Fsp3) is 0.120. The van der Waals surface area contributed by atoms with E-state index in [0.717, 1.165) is 84.1 Å². The summed E-state index contributed by atoms with van der Waals surface area (Å²) in [7, 11) is 0. The lowest BCUT2D eigenvalue weighted by Gasteiger charge is -2.26. The minimum atomic E-state index is -0.369. The van der Waals surface area contributed by atoms with Crippen LogP contribution in [0, 0.1) is 20.2 Å². The molecule has 1 aliphatic heterocycles. The molecule has 0 bridgehead atoms. The number of para-hydroxylation sites is 4. The van der Waals surface area contributed by atoms with Gasteiger partial charge in [-0.3, -0.25) is 18.1 Å². The first-order chi connectivity index (χ1) is 28.2. The van der Waals surface area contributed by atoms with Crippen LogP contribution in [0.15, 0.2) is 152 Å². The van der Waals surface area contributed by atoms with E-state index in [2.05, 4.69) is 174 Å². The Hall–Kier alpha value is -7.06. The summed E-state index contributed by atoms with van der Waals surface area (Å²) in [6.07, 6.45) is 5.52. The zero-order chi connectivity index (χ0) is 39.3. The van der Waals surface area contributed by atoms with E-state index in [-0.39, 0.29) is 12.3 Å². The Kier molecular flexibility index (Phi) is 7.51. The molecule has 0 saturated carbocycles. The van der Waals surface area contributed by atoms with Crippen LogP contribution in [0.3, 0.4) is 0 Å². The SMILES string of the molecule is Cc1cccc(C)c1B1Oc2c(C(C)(C)C)ccnc2-n2c3cc(Oc4cccc(-n5[c-][n+](-c6ccccc6)c6ccccc65)c4)ccc3n3c4ccccc4c1c23. The Morgan fingerprint density at radius 3 is 2.21 bits per heavy atom. The molecule has 5 heterocycles. The van der Waals surface area contributed by atoms with Crippen LogP contribution in [0.1, 0.15) is 37.5 Å². The van der Waals surface area contributed by atoms with Crippen molar-refractivity contribution in [3.05, 3.63) is 175 Å². The summed E-state index contributed by atoms with van der Waals surface area (Å²) in [5.41, 5.74) is 13.9. The third-order valence-electron chi connectivity index (χ3n) is 11.6. The van der Waals surface area contributed by atoms with Crippen molar-refractivity contribution in [2.75, 3.05) is 0 Å². The maximum absolute atomic E-state index is 7.42. The predicted octanol–water partition coefficient (Wildman–Crippen LogP) is 9.66. The third kappa shape index (κ3) is 5.14. The maximum atomic E-state index is 7.42. The van der Waals surface area contributed by atoms with E-state index >= 15 is 0 Å². The number of aryl methyl sites for hydroxylation is 2. The number of imidazole rings is 2. The van der Waals surface area contributed by atoms with E-state index in [1.54, 1.807) is 0 Å². The second-order valence-electron chi connectivity index (χ2n) is 16.3. The average Bonchev–Trinajstić information content (AvgIpc) is 3.85. The largest absolute Gasteiger partial charge is 0.548 e. The summed E-state index contributed by atoms with van der Waals surface area (Å²) in [6, 6.07) is 50.6. The topological polar surface area (TPSA) is 49.5 Å². The Labute approximate surface area is 337 Å². The number of fused-ring (bicyclic) bond motifs is 9. The van der Waals surface area contributed by atoms with Crippen molar-refractivity contribution >= 4 is 56.5 Å². The molecule has 280 valence electrons. The van der Waals surface area contributed by atoms with Crippen LogP contribution in [-0.4, -0.2) is 25.4 Å². The molecule has 6 aromatic carbocycles. The van der Waals surface area contributed by atoms with E-state index in [1.165, 1.54) is 16.6 Å². The summed E-state index contributed by atoms with van der Waals surface area (Å²) >= 11 is 0. The highest BCUT2D eigenvalue weighted by Gasteiger charge is 2.40. The summed E-state index contributed by atoms with van der Waals surface area (Å²) < 4.78 is 23.1. The standard InChI is InChI=1S/C50H40BN5O2/c1-32-15-13-16-33(2)45(32)51-46-38-21-9-10-22-40(38)55-43-26-25-37(30-44(43)56(49(46)55)48-47(58-51)39(27-28-52-48)50(3,4)5)57-36-20-14-19-35(29-36)54-31-53(34-17-7-6-8-18-34)41-23-11-12-24-42(41)54/h6-30H,1-5H3. The molecule has 7 nitrogen and oxygen atoms in total. The van der Waals surface area contributed by atoms with Crippen molar-refractivity contribution in [2.24, 2.45) is 0 Å². The zero-order valence-corrected chi connectivity index (χ0v) is 33.1. The van der Waals surface area contributed by atoms with Crippen molar-refractivity contribution in [2.45, 2.75) is 40.0 Å². The van der Waals surface area contributed by atoms with Crippen LogP contribution in [0.25, 0.3) is 55.8 Å². The van der Waals surface area contributed by atoms with Crippen molar-refractivity contribution < 1.29 is 14.0 Å². The van der Waals surface area contributed by atoms with E-state index in [0.29, 0.717) is 0 Å². The minimum Gasteiger partial charge on any atom is -0.548 e. The molecular formula is C50H40BN5O2. The van der Waals surface area contributed by atoms with E-state index in [9.17, 15) is 0 Å². The van der Waals surface area contributed by atoms with Gasteiger partial charge in [0.2, 0.25) is 0 Å². The first kappa shape index (κ1) is 34.2. The van der Waals surface area contributed by atoms with Gasteiger partial charge in [0, 0.05) is 28.7 Å². The monoisotopic (exact) mass is 753 g/mol. The van der Waals surface area contributed by atoms with Gasteiger partial charge in [0.05, 0.1) is 39.0 Å². The van der Waals surface area contributed by atoms with Gasteiger partial charge >= 0.3 is 6.92 Å². The van der Waals surface area contributed by atoms with Crippen molar-refractivity contribution in [3.63, 3.8) is 0 Å². The zero-order valence-electron chi connectivity index (χ0n) is 33.1. The van der Waals surface area contributed by atoms with Crippen molar-refractivity contribution in [1.29, 1.82) is 0 Å². The van der Waals surface area contributed by atoms with Crippen LogP contribution in [0.4, 0.5) is 0 Å². The molecule has 0 radical (unpaired) electrons. The molecular weight excluding hydrogens is 713 g/mol. The fourth-order valence-electron chi connectivity index (χ4n) is 9.00. The van der Waals surface area contributed by atoms with Crippen molar-refractivity contribution in [1.82, 2.24) is 18.5 Å². The predicted molar refractivity (Wildman–Crippen MR) is 234 cm³/mol. The summed E-state index contributed by atoms with van der Waals surface area (Å²) in [5, 5.41) is 1.16. The van der Waals surface area contributed by atoms with Gasteiger partial charge < -0.3 is 9.39 Å². The Balaban J connectivity index is 1.11. The van der Waals surface area contributed by atoms with Crippen molar-refractivity contribution in [3.8, 4) is 34.4 Å². The lowest BCUT2D eigenvalue weighted by atomic mass is 9.52. The van der Waals surface area contributed by atoms with Gasteiger partial charge in [-0.15, -0.1) is 0 Å². The summed E-state index contributed by atoms with van der Waals surface area (Å²) in [6.45, 7) is 10.7. The van der Waals surface area contributed by atoms with Crippen LogP contribution < -0.4 is 24.9 Å². The van der Waals surface area contributed by atoms with Crippen LogP contribution in [0.5, 0.6) is 17.2 Å². The second kappa shape index (κ2) is 12.7. The minimum absolute atomic E-state index is 0.202. The Bertz CT molecular complexity index is 3240. The molecule has 58 heavy (non-hydrogen) atoms. The Morgan fingerprint density at radius 1 is 0.672 bits per heavy atom. The van der Waals surface area contributed by atoms with Gasteiger partial charge in [-0.1, -0.05) is 117 Å². The van der Waals surface area contributed by atoms with E-state index < -0.39 is 0 Å². The van der Waals surface area contributed by atoms with Gasteiger partial charge in [-0.25, -0.2) is 4.98 Å². The molecule has 0 fully saturated rings. The molecule has 0 N–H and O–H groups in total. The molecule has 4 aromatic heterocycles. The fourth-order valence-corrected chi connectivity index (χ4v) is 9.00. The highest BCUT2D eigenvalue weighted by molar-refractivity contribution is 6.85. The molecule has 11 rings (SSSR count). The number of aromatic nitrogens is 5. The molecule has 0 spiro atoms. The first-order valence-electron chi connectivity index (χ1n) is 19.8. The number of pyridine rings is 1. The number of rotatable bonds is 5. The number of nitrogens with zero attached hydrogens (tertiary/aromatic N) is 5. The maximum Gasteiger partial charge on any atom is 0.431 e. The Morgan fingerprint density at radius 2 is 1.40 bits per heavy atom. The number of benzene rings is 6. The number of ether oxygens (including phenoxy) is 1. The highest BCUT2D eigenvalue weighted by atomic mass is 16.5. The van der Waals surface area contributed by atoms with Crippen LogP contribution in [-0.2, 0) is 5.41 Å². The summed E-state index contributed by atoms with van der Waals surface area (Å²) in [4.78, 5) is 5.13. The normalized spacial score (nSPS) is 12.7. The molecule has 0 unspecified atom stereocenters. The lowest BCUT2D eigenvalue weighted by Crippen LogP contribution is -2.50. The van der Waals surface area contributed by atoms with Crippen LogP contribution in [0.2, 0.25) is 0 Å². The van der Waals surface area contributed by atoms with Crippen LogP contribution >= 0.6 is 0 Å². The smallest absolute Gasteiger partial charge is 0.431 e. The number of hydrogen-bond acceptors (Lipinski definition) is 3. The van der Waals surface area contributed by atoms with E-state index in [4.69, 9.17) is 14.4 Å². The lowest BCUT2D eigenvalue weighted by molar-refractivity contribution is -0.572. The van der Waals surface area contributed by atoms with Gasteiger partial charge in [-0.2, -0.15) is 0 Å². The quantitative estimate of drug-likeness (QED) is 0.100. The summed E-state index contributed by atoms with van der Waals surface area (Å²) in [5.74, 6) is 3.01. The molecule has 0 amide bonds. The molecule has 10 aromatic rings. The molecule has 0 atom stereocenters. The molecule has 0 aliphatic carbocycles. The van der Waals surface area contributed by atoms with E-state index in [1.807, 2.05) is 36.5 Å². The average molecular weight is 754 g/mol. The van der Waals surface area contributed by atoms with Gasteiger partial charge in [0.15, 0.2) is 5.82 Å². The highest BCUT2D eigenvalue weighted by Crippen LogP contribution is 2.42. The van der Waals surface area contributed by atoms with Gasteiger partial charge in [0.25, 0.3) is 6.33 Å². The third-order valence-corrected chi connectivity index (χ3v) is 11.6. The molecule has 8 heteroatoms. The van der Waals surface area contributed by atoms with Gasteiger partial charge in [-0.05, 0) is 79.3 Å². The molecule has 0 saturated heterocycles.